The molecule has 0 radical (unpaired) electrons. The van der Waals surface area contributed by atoms with Gasteiger partial charge >= 0.3 is 0 Å². The lowest BCUT2D eigenvalue weighted by atomic mass is 10.1. The van der Waals surface area contributed by atoms with Gasteiger partial charge in [-0.3, -0.25) is 0 Å². The van der Waals surface area contributed by atoms with E-state index < -0.39 is 34.8 Å². The number of anilines is 1. The third-order valence-electron chi connectivity index (χ3n) is 2.50. The molecule has 18 heavy (non-hydrogen) atoms. The number of nitrogens with one attached hydrogen (secondary N) is 1. The summed E-state index contributed by atoms with van der Waals surface area (Å²) in [5.74, 6) is -9.83. The molecule has 1 unspecified atom stereocenters. The Morgan fingerprint density at radius 2 is 1.39 bits per heavy atom. The van der Waals surface area contributed by atoms with Gasteiger partial charge in [-0.1, -0.05) is 6.92 Å². The molecule has 0 aliphatic carbocycles. The fourth-order valence-corrected chi connectivity index (χ4v) is 1.42. The predicted octanol–water partition coefficient (Wildman–Crippen LogP) is 2.78. The van der Waals surface area contributed by atoms with Crippen LogP contribution in [-0.2, 0) is 0 Å². The second kappa shape index (κ2) is 5.99. The minimum atomic E-state index is -2.16. The van der Waals surface area contributed by atoms with Crippen LogP contribution in [-0.4, -0.2) is 13.1 Å². The SMILES string of the molecule is CC(CCN)CNc1c(F)c(F)c(F)c(F)c1F. The quantitative estimate of drug-likeness (QED) is 0.489. The number of halogens is 5. The van der Waals surface area contributed by atoms with Crippen molar-refractivity contribution in [3.8, 4) is 0 Å². The number of hydrogen-bond acceptors (Lipinski definition) is 2. The first kappa shape index (κ1) is 14.7. The summed E-state index contributed by atoms with van der Waals surface area (Å²) in [6.45, 7) is 2.18. The van der Waals surface area contributed by atoms with Gasteiger partial charge in [-0.15, -0.1) is 0 Å². The zero-order valence-electron chi connectivity index (χ0n) is 9.67. The molecule has 1 aromatic carbocycles. The largest absolute Gasteiger partial charge is 0.380 e. The Morgan fingerprint density at radius 3 is 1.83 bits per heavy atom. The van der Waals surface area contributed by atoms with Gasteiger partial charge in [-0.25, -0.2) is 22.0 Å². The number of rotatable bonds is 5. The Morgan fingerprint density at radius 1 is 0.944 bits per heavy atom. The van der Waals surface area contributed by atoms with Gasteiger partial charge in [0.2, 0.25) is 5.82 Å². The van der Waals surface area contributed by atoms with Gasteiger partial charge in [-0.05, 0) is 18.9 Å². The van der Waals surface area contributed by atoms with Crippen molar-refractivity contribution in [2.45, 2.75) is 13.3 Å². The average molecular weight is 268 g/mol. The number of nitrogens with two attached hydrogens (primary N) is 1. The van der Waals surface area contributed by atoms with E-state index in [1.54, 1.807) is 6.92 Å². The molecule has 3 N–H and O–H groups in total. The summed E-state index contributed by atoms with van der Waals surface area (Å²) < 4.78 is 64.9. The van der Waals surface area contributed by atoms with Crippen molar-refractivity contribution in [1.29, 1.82) is 0 Å². The van der Waals surface area contributed by atoms with Crippen LogP contribution >= 0.6 is 0 Å². The van der Waals surface area contributed by atoms with E-state index in [0.29, 0.717) is 13.0 Å². The first-order valence-corrected chi connectivity index (χ1v) is 5.35. The van der Waals surface area contributed by atoms with Crippen molar-refractivity contribution in [3.05, 3.63) is 29.1 Å². The van der Waals surface area contributed by atoms with Crippen LogP contribution in [0.3, 0.4) is 0 Å². The lowest BCUT2D eigenvalue weighted by Crippen LogP contribution is -2.18. The third-order valence-corrected chi connectivity index (χ3v) is 2.50. The molecule has 7 heteroatoms. The van der Waals surface area contributed by atoms with Gasteiger partial charge in [0.05, 0.1) is 0 Å². The van der Waals surface area contributed by atoms with Gasteiger partial charge < -0.3 is 11.1 Å². The van der Waals surface area contributed by atoms with Crippen LogP contribution in [0.25, 0.3) is 0 Å². The standard InChI is InChI=1S/C11H13F5N2/c1-5(2-3-17)4-18-11-9(15)7(13)6(12)8(14)10(11)16/h5,18H,2-4,17H2,1H3. The van der Waals surface area contributed by atoms with E-state index in [0.717, 1.165) is 0 Å². The van der Waals surface area contributed by atoms with Gasteiger partial charge in [0.1, 0.15) is 5.69 Å². The maximum absolute atomic E-state index is 13.2. The molecule has 0 amide bonds. The Bertz CT molecular complexity index is 407. The van der Waals surface area contributed by atoms with E-state index in [-0.39, 0.29) is 12.5 Å². The molecule has 0 aromatic heterocycles. The van der Waals surface area contributed by atoms with E-state index >= 15 is 0 Å². The Balaban J connectivity index is 2.96. The van der Waals surface area contributed by atoms with Crippen LogP contribution in [0.1, 0.15) is 13.3 Å². The molecule has 102 valence electrons. The van der Waals surface area contributed by atoms with Crippen LogP contribution in [0.2, 0.25) is 0 Å². The molecule has 0 heterocycles. The van der Waals surface area contributed by atoms with Crippen LogP contribution < -0.4 is 11.1 Å². The Hall–Kier alpha value is -1.37. The highest BCUT2D eigenvalue weighted by molar-refractivity contribution is 5.47. The molecule has 0 aliphatic heterocycles. The molecule has 1 atom stereocenters. The first-order chi connectivity index (χ1) is 8.40. The zero-order valence-corrected chi connectivity index (χ0v) is 9.67. The average Bonchev–Trinajstić information content (AvgIpc) is 2.34. The lowest BCUT2D eigenvalue weighted by molar-refractivity contribution is 0.381. The molecule has 1 aromatic rings. The van der Waals surface area contributed by atoms with E-state index in [2.05, 4.69) is 5.32 Å². The van der Waals surface area contributed by atoms with Gasteiger partial charge in [0.15, 0.2) is 23.3 Å². The monoisotopic (exact) mass is 268 g/mol. The van der Waals surface area contributed by atoms with E-state index in [9.17, 15) is 22.0 Å². The summed E-state index contributed by atoms with van der Waals surface area (Å²) >= 11 is 0. The lowest BCUT2D eigenvalue weighted by Gasteiger charge is -2.14. The topological polar surface area (TPSA) is 38.0 Å². The second-order valence-electron chi connectivity index (χ2n) is 4.01. The number of benzene rings is 1. The summed E-state index contributed by atoms with van der Waals surface area (Å²) in [6, 6.07) is 0. The van der Waals surface area contributed by atoms with Crippen LogP contribution in [0, 0.1) is 35.0 Å². The zero-order chi connectivity index (χ0) is 13.9. The van der Waals surface area contributed by atoms with Crippen molar-refractivity contribution in [2.75, 3.05) is 18.4 Å². The first-order valence-electron chi connectivity index (χ1n) is 5.35. The van der Waals surface area contributed by atoms with Crippen molar-refractivity contribution in [3.63, 3.8) is 0 Å². The van der Waals surface area contributed by atoms with Crippen molar-refractivity contribution in [1.82, 2.24) is 0 Å². The van der Waals surface area contributed by atoms with Crippen molar-refractivity contribution in [2.24, 2.45) is 11.7 Å². The van der Waals surface area contributed by atoms with E-state index in [1.807, 2.05) is 0 Å². The van der Waals surface area contributed by atoms with Gasteiger partial charge in [0.25, 0.3) is 0 Å². The van der Waals surface area contributed by atoms with Crippen LogP contribution in [0.5, 0.6) is 0 Å². The second-order valence-corrected chi connectivity index (χ2v) is 4.01. The normalized spacial score (nSPS) is 12.6. The molecule has 2 nitrogen and oxygen atoms in total. The van der Waals surface area contributed by atoms with Gasteiger partial charge in [-0.2, -0.15) is 0 Å². The molecule has 0 spiro atoms. The molecule has 1 rings (SSSR count). The van der Waals surface area contributed by atoms with Crippen LogP contribution in [0.15, 0.2) is 0 Å². The van der Waals surface area contributed by atoms with E-state index in [4.69, 9.17) is 5.73 Å². The molecule has 0 fully saturated rings. The molecular formula is C11H13F5N2. The summed E-state index contributed by atoms with van der Waals surface area (Å²) in [5.41, 5.74) is 4.28. The molecule has 0 bridgehead atoms. The van der Waals surface area contributed by atoms with Crippen molar-refractivity contribution >= 4 is 5.69 Å². The molecule has 0 aliphatic rings. The van der Waals surface area contributed by atoms with E-state index in [1.165, 1.54) is 0 Å². The Labute approximate surface area is 101 Å². The Kier molecular flexibility index (Phi) is 4.89. The summed E-state index contributed by atoms with van der Waals surface area (Å²) in [4.78, 5) is 0. The van der Waals surface area contributed by atoms with Crippen molar-refractivity contribution < 1.29 is 22.0 Å². The minimum absolute atomic E-state index is 0.0509. The maximum atomic E-state index is 13.2. The fraction of sp³-hybridized carbons (Fsp3) is 0.455. The smallest absolute Gasteiger partial charge is 0.200 e. The highest BCUT2D eigenvalue weighted by Gasteiger charge is 2.25. The minimum Gasteiger partial charge on any atom is -0.380 e. The fourth-order valence-electron chi connectivity index (χ4n) is 1.42. The maximum Gasteiger partial charge on any atom is 0.200 e. The highest BCUT2D eigenvalue weighted by Crippen LogP contribution is 2.27. The summed E-state index contributed by atoms with van der Waals surface area (Å²) in [5, 5.41) is 2.22. The summed E-state index contributed by atoms with van der Waals surface area (Å²) in [7, 11) is 0. The highest BCUT2D eigenvalue weighted by atomic mass is 19.2. The van der Waals surface area contributed by atoms with Gasteiger partial charge in [0, 0.05) is 6.54 Å². The molecule has 0 saturated heterocycles. The molecule has 0 saturated carbocycles. The summed E-state index contributed by atoms with van der Waals surface area (Å²) in [6.07, 6.45) is 0.572. The molecular weight excluding hydrogens is 255 g/mol. The van der Waals surface area contributed by atoms with Crippen LogP contribution in [0.4, 0.5) is 27.6 Å². The third kappa shape index (κ3) is 2.90. The predicted molar refractivity (Wildman–Crippen MR) is 57.6 cm³/mol. The number of hydrogen-bond donors (Lipinski definition) is 2.